The van der Waals surface area contributed by atoms with Crippen molar-refractivity contribution in [2.24, 2.45) is 5.92 Å². The van der Waals surface area contributed by atoms with Gasteiger partial charge in [-0.15, -0.1) is 0 Å². The van der Waals surface area contributed by atoms with Gasteiger partial charge in [-0.1, -0.05) is 6.42 Å². The highest BCUT2D eigenvalue weighted by Gasteiger charge is 2.20. The second-order valence-electron chi connectivity index (χ2n) is 3.78. The number of carbonyl (C=O) groups is 1. The Bertz CT molecular complexity index is 206. The van der Waals surface area contributed by atoms with Crippen LogP contribution in [0.15, 0.2) is 11.8 Å². The molecule has 1 fully saturated rings. The van der Waals surface area contributed by atoms with E-state index in [-0.39, 0.29) is 5.78 Å². The van der Waals surface area contributed by atoms with E-state index in [0.29, 0.717) is 12.3 Å². The number of Topliss-reactive ketones (excluding diaryl/α,β-unsaturated/α-hetero) is 1. The van der Waals surface area contributed by atoms with Crippen molar-refractivity contribution in [3.8, 4) is 0 Å². The molecule has 0 spiro atoms. The van der Waals surface area contributed by atoms with E-state index in [1.165, 1.54) is 18.4 Å². The third-order valence-electron chi connectivity index (χ3n) is 2.60. The molecule has 0 aliphatic heterocycles. The van der Waals surface area contributed by atoms with Crippen LogP contribution in [0.25, 0.3) is 0 Å². The third-order valence-corrected chi connectivity index (χ3v) is 2.60. The van der Waals surface area contributed by atoms with Crippen molar-refractivity contribution in [1.29, 1.82) is 0 Å². The predicted molar refractivity (Wildman–Crippen MR) is 52.3 cm³/mol. The average Bonchev–Trinajstić information content (AvgIpc) is 2.08. The van der Waals surface area contributed by atoms with Crippen LogP contribution in [-0.4, -0.2) is 12.9 Å². The van der Waals surface area contributed by atoms with E-state index in [1.807, 2.05) is 6.26 Å². The highest BCUT2D eigenvalue weighted by molar-refractivity contribution is 5.76. The molecule has 1 rings (SSSR count). The van der Waals surface area contributed by atoms with Crippen molar-refractivity contribution in [2.45, 2.75) is 39.0 Å². The summed E-state index contributed by atoms with van der Waals surface area (Å²) >= 11 is 0. The predicted octanol–water partition coefficient (Wildman–Crippen LogP) is 2.69. The summed E-state index contributed by atoms with van der Waals surface area (Å²) in [5, 5.41) is 0. The molecule has 0 heterocycles. The van der Waals surface area contributed by atoms with Gasteiger partial charge in [0.05, 0.1) is 13.4 Å². The SMILES string of the molecule is CO/C=C1\CCCCC1CC(C)=O. The molecule has 1 unspecified atom stereocenters. The second kappa shape index (κ2) is 5.05. The molecule has 2 nitrogen and oxygen atoms in total. The fourth-order valence-electron chi connectivity index (χ4n) is 2.00. The van der Waals surface area contributed by atoms with Crippen molar-refractivity contribution in [3.63, 3.8) is 0 Å². The smallest absolute Gasteiger partial charge is 0.130 e. The Hall–Kier alpha value is -0.790. The Balaban J connectivity index is 2.56. The number of ketones is 1. The van der Waals surface area contributed by atoms with E-state index >= 15 is 0 Å². The van der Waals surface area contributed by atoms with Crippen molar-refractivity contribution < 1.29 is 9.53 Å². The maximum atomic E-state index is 11.0. The molecule has 0 saturated heterocycles. The van der Waals surface area contributed by atoms with Crippen LogP contribution in [0, 0.1) is 5.92 Å². The largest absolute Gasteiger partial charge is 0.504 e. The van der Waals surface area contributed by atoms with Gasteiger partial charge in [0.2, 0.25) is 0 Å². The van der Waals surface area contributed by atoms with E-state index in [9.17, 15) is 4.79 Å². The van der Waals surface area contributed by atoms with E-state index < -0.39 is 0 Å². The summed E-state index contributed by atoms with van der Waals surface area (Å²) in [6.07, 6.45) is 7.26. The topological polar surface area (TPSA) is 26.3 Å². The minimum absolute atomic E-state index is 0.286. The molecule has 2 heteroatoms. The van der Waals surface area contributed by atoms with Gasteiger partial charge in [-0.05, 0) is 37.7 Å². The molecule has 0 aromatic rings. The van der Waals surface area contributed by atoms with Gasteiger partial charge in [0.25, 0.3) is 0 Å². The number of hydrogen-bond acceptors (Lipinski definition) is 2. The van der Waals surface area contributed by atoms with Crippen molar-refractivity contribution in [1.82, 2.24) is 0 Å². The number of allylic oxidation sites excluding steroid dienone is 1. The van der Waals surface area contributed by atoms with Crippen LogP contribution in [0.4, 0.5) is 0 Å². The molecule has 0 radical (unpaired) electrons. The van der Waals surface area contributed by atoms with Crippen LogP contribution >= 0.6 is 0 Å². The van der Waals surface area contributed by atoms with Gasteiger partial charge in [0.1, 0.15) is 5.78 Å². The second-order valence-corrected chi connectivity index (χ2v) is 3.78. The van der Waals surface area contributed by atoms with Gasteiger partial charge in [-0.25, -0.2) is 0 Å². The fraction of sp³-hybridized carbons (Fsp3) is 0.727. The maximum absolute atomic E-state index is 11.0. The Morgan fingerprint density at radius 3 is 3.00 bits per heavy atom. The van der Waals surface area contributed by atoms with Crippen LogP contribution in [0.5, 0.6) is 0 Å². The number of hydrogen-bond donors (Lipinski definition) is 0. The lowest BCUT2D eigenvalue weighted by Gasteiger charge is -2.23. The van der Waals surface area contributed by atoms with Crippen LogP contribution in [0.2, 0.25) is 0 Å². The summed E-state index contributed by atoms with van der Waals surface area (Å²) in [7, 11) is 1.67. The zero-order valence-electron chi connectivity index (χ0n) is 8.51. The monoisotopic (exact) mass is 182 g/mol. The first-order valence-electron chi connectivity index (χ1n) is 4.95. The highest BCUT2D eigenvalue weighted by Crippen LogP contribution is 2.31. The van der Waals surface area contributed by atoms with Crippen molar-refractivity contribution in [2.75, 3.05) is 7.11 Å². The molecule has 1 atom stereocenters. The lowest BCUT2D eigenvalue weighted by atomic mass is 9.82. The third kappa shape index (κ3) is 3.21. The lowest BCUT2D eigenvalue weighted by molar-refractivity contribution is -0.117. The standard InChI is InChI=1S/C11H18O2/c1-9(12)7-10-5-3-4-6-11(10)8-13-2/h8,10H,3-7H2,1-2H3/b11-8+. The molecule has 74 valence electrons. The maximum Gasteiger partial charge on any atom is 0.130 e. The summed E-state index contributed by atoms with van der Waals surface area (Å²) in [4.78, 5) is 11.0. The Morgan fingerprint density at radius 1 is 1.62 bits per heavy atom. The van der Waals surface area contributed by atoms with E-state index in [4.69, 9.17) is 4.74 Å². The molecular formula is C11H18O2. The summed E-state index contributed by atoms with van der Waals surface area (Å²) < 4.78 is 5.02. The lowest BCUT2D eigenvalue weighted by Crippen LogP contribution is -2.13. The molecule has 1 aliphatic carbocycles. The van der Waals surface area contributed by atoms with Crippen LogP contribution in [0.1, 0.15) is 39.0 Å². The molecule has 0 amide bonds. The Kier molecular flexibility index (Phi) is 4.00. The van der Waals surface area contributed by atoms with Crippen molar-refractivity contribution in [3.05, 3.63) is 11.8 Å². The number of rotatable bonds is 3. The first-order valence-corrected chi connectivity index (χ1v) is 4.95. The van der Waals surface area contributed by atoms with Crippen LogP contribution in [-0.2, 0) is 9.53 Å². The number of carbonyl (C=O) groups excluding carboxylic acids is 1. The van der Waals surface area contributed by atoms with Gasteiger partial charge in [-0.2, -0.15) is 0 Å². The Labute approximate surface area is 80.0 Å². The number of ether oxygens (including phenoxy) is 1. The summed E-state index contributed by atoms with van der Waals surface area (Å²) in [6.45, 7) is 1.67. The van der Waals surface area contributed by atoms with E-state index in [1.54, 1.807) is 14.0 Å². The summed E-state index contributed by atoms with van der Waals surface area (Å²) in [5.41, 5.74) is 1.32. The van der Waals surface area contributed by atoms with E-state index in [0.717, 1.165) is 12.8 Å². The van der Waals surface area contributed by atoms with Gasteiger partial charge in [0, 0.05) is 6.42 Å². The molecular weight excluding hydrogens is 164 g/mol. The first-order chi connectivity index (χ1) is 6.24. The average molecular weight is 182 g/mol. The molecule has 1 aliphatic rings. The molecule has 1 saturated carbocycles. The van der Waals surface area contributed by atoms with Gasteiger partial charge >= 0.3 is 0 Å². The molecule has 0 bridgehead atoms. The van der Waals surface area contributed by atoms with Gasteiger partial charge in [0.15, 0.2) is 0 Å². The summed E-state index contributed by atoms with van der Waals surface area (Å²) in [5.74, 6) is 0.736. The Morgan fingerprint density at radius 2 is 2.38 bits per heavy atom. The minimum atomic E-state index is 0.286. The molecule has 0 aromatic carbocycles. The molecule has 13 heavy (non-hydrogen) atoms. The fourth-order valence-corrected chi connectivity index (χ4v) is 2.00. The molecule has 0 aromatic heterocycles. The van der Waals surface area contributed by atoms with Crippen molar-refractivity contribution >= 4 is 5.78 Å². The normalized spacial score (nSPS) is 26.0. The van der Waals surface area contributed by atoms with Gasteiger partial charge in [-0.3, -0.25) is 0 Å². The minimum Gasteiger partial charge on any atom is -0.504 e. The van der Waals surface area contributed by atoms with E-state index in [2.05, 4.69) is 0 Å². The highest BCUT2D eigenvalue weighted by atomic mass is 16.5. The first kappa shape index (κ1) is 10.3. The molecule has 0 N–H and O–H groups in total. The van der Waals surface area contributed by atoms with Crippen LogP contribution < -0.4 is 0 Å². The zero-order chi connectivity index (χ0) is 9.68. The van der Waals surface area contributed by atoms with Gasteiger partial charge < -0.3 is 9.53 Å². The van der Waals surface area contributed by atoms with Crippen LogP contribution in [0.3, 0.4) is 0 Å². The zero-order valence-corrected chi connectivity index (χ0v) is 8.51. The number of methoxy groups -OCH3 is 1. The summed E-state index contributed by atoms with van der Waals surface area (Å²) in [6, 6.07) is 0. The quantitative estimate of drug-likeness (QED) is 0.627.